The molecule has 4 amide bonds. The second kappa shape index (κ2) is 12.8. The van der Waals surface area contributed by atoms with Gasteiger partial charge in [-0.25, -0.2) is 15.0 Å². The van der Waals surface area contributed by atoms with Crippen LogP contribution in [0.4, 0.5) is 4.79 Å². The summed E-state index contributed by atoms with van der Waals surface area (Å²) in [5.74, 6) is -2.71. The van der Waals surface area contributed by atoms with Gasteiger partial charge in [-0.1, -0.05) is 48.7 Å². The number of hydrogen-bond acceptors (Lipinski definition) is 8. The monoisotopic (exact) mass is 557 g/mol. The molecule has 0 spiro atoms. The van der Waals surface area contributed by atoms with Gasteiger partial charge >= 0.3 is 12.1 Å². The first-order valence-electron chi connectivity index (χ1n) is 11.1. The molecular formula is C20H30Cl3N5O7. The summed E-state index contributed by atoms with van der Waals surface area (Å²) < 4.78 is 8.21. The van der Waals surface area contributed by atoms with Gasteiger partial charge in [-0.05, 0) is 32.1 Å². The zero-order valence-corrected chi connectivity index (χ0v) is 21.8. The number of carbonyl (C=O) groups excluding carboxylic acids is 5. The summed E-state index contributed by atoms with van der Waals surface area (Å²) in [6.45, 7) is 4.45. The third kappa shape index (κ3) is 9.17. The van der Waals surface area contributed by atoms with Crippen molar-refractivity contribution in [3.63, 3.8) is 0 Å². The Balaban J connectivity index is 2.30. The fourth-order valence-electron chi connectivity index (χ4n) is 3.52. The lowest BCUT2D eigenvalue weighted by Crippen LogP contribution is -2.61. The highest BCUT2D eigenvalue weighted by molar-refractivity contribution is 6.67. The molecule has 0 aromatic carbocycles. The van der Waals surface area contributed by atoms with Crippen molar-refractivity contribution in [2.24, 2.45) is 5.92 Å². The summed E-state index contributed by atoms with van der Waals surface area (Å²) in [7, 11) is 0. The zero-order chi connectivity index (χ0) is 26.3. The van der Waals surface area contributed by atoms with Gasteiger partial charge in [0, 0.05) is 6.54 Å². The first kappa shape index (κ1) is 29.2. The standard InChI is InChI=1S/C20H30Cl3N5O7/c1-10(2)7-12-15(29)25-11(3)17(31)28-14(5-4-6-24-28)18(32)34-8-13(16(30)26-12)27-19(33)35-9-20(21,22)23/h10-14,24H,4-9H2,1-3H3,(H,25,29)(H,26,30)(H,27,33)/t11-,12?,13?,14+/m0/s1. The number of halogens is 3. The molecule has 35 heavy (non-hydrogen) atoms. The van der Waals surface area contributed by atoms with Gasteiger partial charge in [0.05, 0.1) is 0 Å². The van der Waals surface area contributed by atoms with Crippen molar-refractivity contribution in [3.8, 4) is 0 Å². The highest BCUT2D eigenvalue weighted by atomic mass is 35.6. The van der Waals surface area contributed by atoms with Crippen LogP contribution in [0.25, 0.3) is 0 Å². The Morgan fingerprint density at radius 2 is 1.89 bits per heavy atom. The summed E-state index contributed by atoms with van der Waals surface area (Å²) in [6.07, 6.45) is 0.0371. The number of esters is 1. The summed E-state index contributed by atoms with van der Waals surface area (Å²) in [6, 6.07) is -4.42. The van der Waals surface area contributed by atoms with Crippen LogP contribution in [-0.4, -0.2) is 82.5 Å². The quantitative estimate of drug-likeness (QED) is 0.288. The Labute approximate surface area is 218 Å². The number of hydrogen-bond donors (Lipinski definition) is 4. The van der Waals surface area contributed by atoms with Crippen LogP contribution in [0, 0.1) is 5.92 Å². The number of hydrazine groups is 1. The van der Waals surface area contributed by atoms with Crippen LogP contribution in [-0.2, 0) is 28.7 Å². The average molecular weight is 559 g/mol. The average Bonchev–Trinajstić information content (AvgIpc) is 2.77. The van der Waals surface area contributed by atoms with Crippen LogP contribution in [0.15, 0.2) is 0 Å². The van der Waals surface area contributed by atoms with E-state index in [1.54, 1.807) is 0 Å². The highest BCUT2D eigenvalue weighted by Crippen LogP contribution is 2.25. The van der Waals surface area contributed by atoms with E-state index in [4.69, 9.17) is 44.3 Å². The van der Waals surface area contributed by atoms with E-state index in [-0.39, 0.29) is 12.3 Å². The molecule has 2 rings (SSSR count). The Bertz CT molecular complexity index is 823. The largest absolute Gasteiger partial charge is 0.461 e. The van der Waals surface area contributed by atoms with Crippen molar-refractivity contribution < 1.29 is 33.4 Å². The molecule has 2 heterocycles. The summed E-state index contributed by atoms with van der Waals surface area (Å²) in [5.41, 5.74) is 2.86. The Morgan fingerprint density at radius 1 is 1.20 bits per heavy atom. The van der Waals surface area contributed by atoms with Crippen molar-refractivity contribution in [1.82, 2.24) is 26.4 Å². The summed E-state index contributed by atoms with van der Waals surface area (Å²) >= 11 is 16.7. The number of amides is 4. The molecule has 2 aliphatic rings. The van der Waals surface area contributed by atoms with Crippen molar-refractivity contribution in [3.05, 3.63) is 0 Å². The van der Waals surface area contributed by atoms with Gasteiger partial charge in [-0.3, -0.25) is 19.4 Å². The third-order valence-corrected chi connectivity index (χ3v) is 5.52. The fourth-order valence-corrected chi connectivity index (χ4v) is 3.69. The van der Waals surface area contributed by atoms with Gasteiger partial charge in [0.1, 0.15) is 37.4 Å². The number of alkyl carbamates (subject to hydrolysis) is 1. The maximum atomic E-state index is 13.0. The first-order valence-corrected chi connectivity index (χ1v) is 12.3. The predicted octanol–water partition coefficient (Wildman–Crippen LogP) is 0.539. The fraction of sp³-hybridized carbons (Fsp3) is 0.750. The molecule has 198 valence electrons. The Kier molecular flexibility index (Phi) is 10.7. The normalized spacial score (nSPS) is 26.9. The van der Waals surface area contributed by atoms with Gasteiger partial charge in [-0.15, -0.1) is 0 Å². The summed E-state index contributed by atoms with van der Waals surface area (Å²) in [5, 5.41) is 8.53. The van der Waals surface area contributed by atoms with Gasteiger partial charge < -0.3 is 25.4 Å². The van der Waals surface area contributed by atoms with E-state index in [0.29, 0.717) is 19.4 Å². The number of alkyl halides is 3. The zero-order valence-electron chi connectivity index (χ0n) is 19.6. The number of rotatable bonds is 4. The van der Waals surface area contributed by atoms with E-state index in [1.165, 1.54) is 6.92 Å². The van der Waals surface area contributed by atoms with Crippen LogP contribution in [0.2, 0.25) is 0 Å². The first-order chi connectivity index (χ1) is 16.3. The molecule has 0 aliphatic carbocycles. The topological polar surface area (TPSA) is 155 Å². The lowest BCUT2D eigenvalue weighted by atomic mass is 10.0. The highest BCUT2D eigenvalue weighted by Gasteiger charge is 2.38. The molecule has 15 heteroatoms. The number of cyclic esters (lactones) is 1. The van der Waals surface area contributed by atoms with Crippen molar-refractivity contribution in [2.75, 3.05) is 19.8 Å². The maximum Gasteiger partial charge on any atom is 0.408 e. The van der Waals surface area contributed by atoms with E-state index in [0.717, 1.165) is 5.01 Å². The van der Waals surface area contributed by atoms with Gasteiger partial charge in [0.15, 0.2) is 0 Å². The Morgan fingerprint density at radius 3 is 2.51 bits per heavy atom. The third-order valence-electron chi connectivity index (χ3n) is 5.19. The molecule has 2 fully saturated rings. The van der Waals surface area contributed by atoms with Crippen LogP contribution >= 0.6 is 34.8 Å². The molecule has 0 radical (unpaired) electrons. The molecular weight excluding hydrogens is 529 g/mol. The minimum Gasteiger partial charge on any atom is -0.461 e. The predicted molar refractivity (Wildman–Crippen MR) is 126 cm³/mol. The van der Waals surface area contributed by atoms with Gasteiger partial charge in [0.2, 0.25) is 15.6 Å². The number of ether oxygens (including phenoxy) is 2. The number of fused-ring (bicyclic) bond motifs is 1. The molecule has 0 aromatic heterocycles. The molecule has 2 saturated heterocycles. The van der Waals surface area contributed by atoms with Crippen molar-refractivity contribution in [1.29, 1.82) is 0 Å². The van der Waals surface area contributed by atoms with Crippen LogP contribution < -0.4 is 21.4 Å². The second-order valence-corrected chi connectivity index (χ2v) is 11.2. The van der Waals surface area contributed by atoms with E-state index in [1.807, 2.05) is 13.8 Å². The molecule has 12 nitrogen and oxygen atoms in total. The molecule has 0 bridgehead atoms. The van der Waals surface area contributed by atoms with Crippen LogP contribution in [0.3, 0.4) is 0 Å². The molecule has 4 atom stereocenters. The van der Waals surface area contributed by atoms with Crippen LogP contribution in [0.1, 0.15) is 40.0 Å². The van der Waals surface area contributed by atoms with Gasteiger partial charge in [-0.2, -0.15) is 0 Å². The molecule has 2 unspecified atom stereocenters. The molecule has 4 N–H and O–H groups in total. The number of carbonyl (C=O) groups is 5. The van der Waals surface area contributed by atoms with E-state index < -0.39 is 71.0 Å². The summed E-state index contributed by atoms with van der Waals surface area (Å²) in [4.78, 5) is 63.9. The van der Waals surface area contributed by atoms with Crippen LogP contribution in [0.5, 0.6) is 0 Å². The maximum absolute atomic E-state index is 13.0. The van der Waals surface area contributed by atoms with E-state index >= 15 is 0 Å². The van der Waals surface area contributed by atoms with Gasteiger partial charge in [0.25, 0.3) is 5.91 Å². The number of nitrogens with zero attached hydrogens (tertiary/aromatic N) is 1. The Hall–Kier alpha value is -2.02. The second-order valence-electron chi connectivity index (χ2n) is 8.71. The van der Waals surface area contributed by atoms with Crippen molar-refractivity contribution in [2.45, 2.75) is 68.0 Å². The lowest BCUT2D eigenvalue weighted by Gasteiger charge is -2.36. The SMILES string of the molecule is CC(C)CC1NC(=O)C(NC(=O)OCC(Cl)(Cl)Cl)COC(=O)[C@H]2CCCNN2C(=O)[C@H](C)NC1=O. The lowest BCUT2D eigenvalue weighted by molar-refractivity contribution is -0.161. The molecule has 0 aromatic rings. The minimum atomic E-state index is -1.88. The van der Waals surface area contributed by atoms with Crippen molar-refractivity contribution >= 4 is 64.6 Å². The number of nitrogens with one attached hydrogen (secondary N) is 4. The smallest absolute Gasteiger partial charge is 0.408 e. The minimum absolute atomic E-state index is 0.000583. The van der Waals surface area contributed by atoms with E-state index in [2.05, 4.69) is 21.4 Å². The van der Waals surface area contributed by atoms with E-state index in [9.17, 15) is 24.0 Å². The molecule has 0 saturated carbocycles. The molecule has 2 aliphatic heterocycles.